The summed E-state index contributed by atoms with van der Waals surface area (Å²) in [5.41, 5.74) is 3.73. The second kappa shape index (κ2) is 8.94. The number of anilines is 1. The number of aromatic amines is 1. The Hall–Kier alpha value is -2.35. The number of hydrogen-bond donors (Lipinski definition) is 2. The average molecular weight is 333 g/mol. The van der Waals surface area contributed by atoms with Crippen LogP contribution in [0.4, 0.5) is 5.95 Å². The van der Waals surface area contributed by atoms with Crippen LogP contribution < -0.4 is 5.43 Å². The third-order valence-electron chi connectivity index (χ3n) is 2.55. The van der Waals surface area contributed by atoms with E-state index in [4.69, 9.17) is 4.74 Å². The maximum atomic E-state index is 11.5. The summed E-state index contributed by atoms with van der Waals surface area (Å²) < 4.78 is 5.08. The van der Waals surface area contributed by atoms with Crippen LogP contribution in [0.2, 0.25) is 0 Å². The highest BCUT2D eigenvalue weighted by atomic mass is 32.2. The SMILES string of the molecule is CC(C)COC(=O)CSc1n[nH]c(N/N=C\c2ccccc2)n1. The molecule has 2 aromatic rings. The fourth-order valence-corrected chi connectivity index (χ4v) is 2.09. The Morgan fingerprint density at radius 1 is 1.43 bits per heavy atom. The van der Waals surface area contributed by atoms with E-state index in [-0.39, 0.29) is 11.7 Å². The van der Waals surface area contributed by atoms with E-state index < -0.39 is 0 Å². The molecule has 7 nitrogen and oxygen atoms in total. The van der Waals surface area contributed by atoms with Gasteiger partial charge in [0, 0.05) is 0 Å². The lowest BCUT2D eigenvalue weighted by Crippen LogP contribution is -2.11. The monoisotopic (exact) mass is 333 g/mol. The lowest BCUT2D eigenvalue weighted by atomic mass is 10.2. The number of rotatable bonds is 8. The van der Waals surface area contributed by atoms with E-state index in [1.165, 1.54) is 11.8 Å². The third-order valence-corrected chi connectivity index (χ3v) is 3.37. The second-order valence-corrected chi connectivity index (χ2v) is 6.06. The summed E-state index contributed by atoms with van der Waals surface area (Å²) in [6.07, 6.45) is 1.68. The van der Waals surface area contributed by atoms with Gasteiger partial charge in [-0.1, -0.05) is 55.9 Å². The van der Waals surface area contributed by atoms with E-state index in [1.54, 1.807) is 6.21 Å². The van der Waals surface area contributed by atoms with Crippen LogP contribution in [0.1, 0.15) is 19.4 Å². The number of hydrazone groups is 1. The van der Waals surface area contributed by atoms with Crippen molar-refractivity contribution in [2.75, 3.05) is 17.8 Å². The van der Waals surface area contributed by atoms with Gasteiger partial charge in [0.2, 0.25) is 11.1 Å². The maximum Gasteiger partial charge on any atom is 0.316 e. The molecule has 0 aliphatic rings. The van der Waals surface area contributed by atoms with Crippen LogP contribution in [-0.4, -0.2) is 39.7 Å². The number of thioether (sulfide) groups is 1. The minimum absolute atomic E-state index is 0.178. The van der Waals surface area contributed by atoms with E-state index >= 15 is 0 Å². The van der Waals surface area contributed by atoms with Crippen LogP contribution >= 0.6 is 11.8 Å². The van der Waals surface area contributed by atoms with E-state index in [9.17, 15) is 4.79 Å². The summed E-state index contributed by atoms with van der Waals surface area (Å²) >= 11 is 1.21. The van der Waals surface area contributed by atoms with Crippen molar-refractivity contribution in [3.05, 3.63) is 35.9 Å². The molecule has 1 aromatic carbocycles. The predicted octanol–water partition coefficient (Wildman–Crippen LogP) is 2.54. The molecule has 0 saturated heterocycles. The lowest BCUT2D eigenvalue weighted by Gasteiger charge is -2.05. The van der Waals surface area contributed by atoms with E-state index in [0.717, 1.165) is 5.56 Å². The smallest absolute Gasteiger partial charge is 0.316 e. The van der Waals surface area contributed by atoms with Crippen LogP contribution in [0.5, 0.6) is 0 Å². The number of hydrogen-bond acceptors (Lipinski definition) is 7. The molecule has 2 N–H and O–H groups in total. The molecule has 0 spiro atoms. The summed E-state index contributed by atoms with van der Waals surface area (Å²) in [6, 6.07) is 9.69. The first-order valence-electron chi connectivity index (χ1n) is 7.18. The molecule has 0 saturated carbocycles. The Morgan fingerprint density at radius 2 is 2.22 bits per heavy atom. The first-order chi connectivity index (χ1) is 11.1. The Bertz CT molecular complexity index is 642. The van der Waals surface area contributed by atoms with Crippen LogP contribution in [0.25, 0.3) is 0 Å². The van der Waals surface area contributed by atoms with Gasteiger partial charge >= 0.3 is 5.97 Å². The van der Waals surface area contributed by atoms with Crippen LogP contribution in [-0.2, 0) is 9.53 Å². The molecule has 0 amide bonds. The highest BCUT2D eigenvalue weighted by molar-refractivity contribution is 7.99. The van der Waals surface area contributed by atoms with Gasteiger partial charge in [0.05, 0.1) is 18.6 Å². The Morgan fingerprint density at radius 3 is 2.96 bits per heavy atom. The topological polar surface area (TPSA) is 92.3 Å². The van der Waals surface area contributed by atoms with E-state index in [1.807, 2.05) is 44.2 Å². The first kappa shape index (κ1) is 17.0. The van der Waals surface area contributed by atoms with Crippen molar-refractivity contribution in [1.29, 1.82) is 0 Å². The number of nitrogens with one attached hydrogen (secondary N) is 2. The van der Waals surface area contributed by atoms with Crippen molar-refractivity contribution in [3.8, 4) is 0 Å². The van der Waals surface area contributed by atoms with Gasteiger partial charge in [0.1, 0.15) is 0 Å². The molecule has 23 heavy (non-hydrogen) atoms. The molecule has 0 atom stereocenters. The number of carbonyl (C=O) groups is 1. The van der Waals surface area contributed by atoms with Crippen molar-refractivity contribution in [1.82, 2.24) is 15.2 Å². The zero-order valence-electron chi connectivity index (χ0n) is 13.0. The molecular weight excluding hydrogens is 314 g/mol. The summed E-state index contributed by atoms with van der Waals surface area (Å²) in [6.45, 7) is 4.40. The molecule has 122 valence electrons. The third kappa shape index (κ3) is 6.52. The molecule has 0 unspecified atom stereocenters. The average Bonchev–Trinajstić information content (AvgIpc) is 3.00. The number of nitrogens with zero attached hydrogens (tertiary/aromatic N) is 3. The summed E-state index contributed by atoms with van der Waals surface area (Å²) in [7, 11) is 0. The van der Waals surface area contributed by atoms with E-state index in [2.05, 4.69) is 25.7 Å². The van der Waals surface area contributed by atoms with Gasteiger partial charge in [-0.15, -0.1) is 5.10 Å². The summed E-state index contributed by atoms with van der Waals surface area (Å²) in [4.78, 5) is 15.7. The van der Waals surface area contributed by atoms with Gasteiger partial charge in [0.25, 0.3) is 0 Å². The molecular formula is C15H19N5O2S. The summed E-state index contributed by atoms with van der Waals surface area (Å²) in [5.74, 6) is 0.642. The first-order valence-corrected chi connectivity index (χ1v) is 8.17. The molecule has 0 radical (unpaired) electrons. The zero-order chi connectivity index (χ0) is 16.5. The Kier molecular flexibility index (Phi) is 6.61. The van der Waals surface area contributed by atoms with Crippen LogP contribution in [0.3, 0.4) is 0 Å². The number of benzene rings is 1. The molecule has 0 bridgehead atoms. The van der Waals surface area contributed by atoms with Crippen molar-refractivity contribution < 1.29 is 9.53 Å². The number of aromatic nitrogens is 3. The highest BCUT2D eigenvalue weighted by Crippen LogP contribution is 2.14. The number of esters is 1. The minimum Gasteiger partial charge on any atom is -0.465 e. The molecule has 0 aliphatic carbocycles. The van der Waals surface area contributed by atoms with Gasteiger partial charge in [-0.25, -0.2) is 10.5 Å². The highest BCUT2D eigenvalue weighted by Gasteiger charge is 2.09. The molecule has 0 fully saturated rings. The standard InChI is InChI=1S/C15H19N5O2S/c1-11(2)9-22-13(21)10-23-15-17-14(19-20-15)18-16-8-12-6-4-3-5-7-12/h3-8,11H,9-10H2,1-2H3,(H2,17,18,19,20)/b16-8-. The predicted molar refractivity (Wildman–Crippen MR) is 90.6 cm³/mol. The van der Waals surface area contributed by atoms with Crippen molar-refractivity contribution in [2.45, 2.75) is 19.0 Å². The normalized spacial score (nSPS) is 11.1. The lowest BCUT2D eigenvalue weighted by molar-refractivity contribution is -0.141. The molecule has 1 heterocycles. The second-order valence-electron chi connectivity index (χ2n) is 5.11. The molecule has 1 aromatic heterocycles. The number of ether oxygens (including phenoxy) is 1. The Balaban J connectivity index is 1.75. The molecule has 8 heteroatoms. The van der Waals surface area contributed by atoms with Gasteiger partial charge < -0.3 is 4.74 Å². The van der Waals surface area contributed by atoms with Crippen molar-refractivity contribution >= 4 is 29.9 Å². The fourth-order valence-electron chi connectivity index (χ4n) is 1.49. The molecule has 2 rings (SSSR count). The van der Waals surface area contributed by atoms with Gasteiger partial charge in [-0.05, 0) is 11.5 Å². The zero-order valence-corrected chi connectivity index (χ0v) is 13.8. The summed E-state index contributed by atoms with van der Waals surface area (Å²) in [5, 5.41) is 11.2. The Labute approximate surface area is 138 Å². The van der Waals surface area contributed by atoms with Gasteiger partial charge in [-0.2, -0.15) is 10.1 Å². The van der Waals surface area contributed by atoms with Crippen molar-refractivity contribution in [2.24, 2.45) is 11.0 Å². The van der Waals surface area contributed by atoms with Crippen LogP contribution in [0, 0.1) is 5.92 Å². The number of carbonyl (C=O) groups excluding carboxylic acids is 1. The quantitative estimate of drug-likeness (QED) is 0.334. The van der Waals surface area contributed by atoms with Gasteiger partial charge in [-0.3, -0.25) is 4.79 Å². The van der Waals surface area contributed by atoms with Crippen molar-refractivity contribution in [3.63, 3.8) is 0 Å². The van der Waals surface area contributed by atoms with Crippen LogP contribution in [0.15, 0.2) is 40.6 Å². The largest absolute Gasteiger partial charge is 0.465 e. The molecule has 0 aliphatic heterocycles. The minimum atomic E-state index is -0.273. The number of H-pyrrole nitrogens is 1. The maximum absolute atomic E-state index is 11.5. The fraction of sp³-hybridized carbons (Fsp3) is 0.333. The van der Waals surface area contributed by atoms with E-state index in [0.29, 0.717) is 23.6 Å². The van der Waals surface area contributed by atoms with Gasteiger partial charge in [0.15, 0.2) is 0 Å².